The van der Waals surface area contributed by atoms with E-state index in [2.05, 4.69) is 34.7 Å². The number of aromatic nitrogens is 3. The quantitative estimate of drug-likeness (QED) is 0.491. The fourth-order valence-electron chi connectivity index (χ4n) is 4.22. The van der Waals surface area contributed by atoms with E-state index in [-0.39, 0.29) is 23.0 Å². The molecule has 3 atom stereocenters. The maximum absolute atomic E-state index is 15.0. The Morgan fingerprint density at radius 1 is 1.32 bits per heavy atom. The number of anilines is 1. The van der Waals surface area contributed by atoms with Crippen LogP contribution < -0.4 is 20.5 Å². The number of pyridine rings is 1. The third-order valence-electron chi connectivity index (χ3n) is 6.15. The van der Waals surface area contributed by atoms with Gasteiger partial charge in [-0.2, -0.15) is 8.78 Å². The molecule has 0 aromatic carbocycles. The van der Waals surface area contributed by atoms with Gasteiger partial charge in [-0.1, -0.05) is 10.5 Å². The van der Waals surface area contributed by atoms with Crippen LogP contribution in [-0.2, 0) is 5.54 Å². The van der Waals surface area contributed by atoms with E-state index >= 15 is 4.39 Å². The van der Waals surface area contributed by atoms with Crippen molar-refractivity contribution in [2.24, 2.45) is 10.7 Å². The highest BCUT2D eigenvalue weighted by atomic mass is 32.3. The van der Waals surface area contributed by atoms with Gasteiger partial charge in [0.15, 0.2) is 0 Å². The standard InChI is InChI=1S/C20H24F3N7O3S/c1-19(2)17(24)30-20(3,12-6-7-27-34(12,19)32)15-10(21)4-5-13(28-15)29-16(31)11-8-26-14(9-25-11)33-18(22)23/h4-5,8-9,12,18,27,32H,6-7H2,1-3H3,(H2,24,30)(H,28,29,31)/t12-,20-/m0/s1. The van der Waals surface area contributed by atoms with Gasteiger partial charge in [-0.25, -0.2) is 19.3 Å². The minimum Gasteiger partial charge on any atom is -0.415 e. The molecule has 0 bridgehead atoms. The summed E-state index contributed by atoms with van der Waals surface area (Å²) in [5.41, 5.74) is 4.68. The first-order valence-electron chi connectivity index (χ1n) is 10.3. The van der Waals surface area contributed by atoms with Crippen molar-refractivity contribution < 1.29 is 27.3 Å². The monoisotopic (exact) mass is 499 g/mol. The molecule has 2 aliphatic rings. The lowest BCUT2D eigenvalue weighted by Gasteiger charge is -2.55. The predicted octanol–water partition coefficient (Wildman–Crippen LogP) is 2.78. The Morgan fingerprint density at radius 2 is 2.06 bits per heavy atom. The second-order valence-corrected chi connectivity index (χ2v) is 11.7. The van der Waals surface area contributed by atoms with Crippen LogP contribution in [0.5, 0.6) is 5.88 Å². The van der Waals surface area contributed by atoms with Crippen LogP contribution >= 0.6 is 10.5 Å². The van der Waals surface area contributed by atoms with Gasteiger partial charge in [-0.15, -0.1) is 0 Å². The number of rotatable bonds is 5. The lowest BCUT2D eigenvalue weighted by Crippen LogP contribution is -2.57. The van der Waals surface area contributed by atoms with Crippen molar-refractivity contribution in [3.63, 3.8) is 0 Å². The SMILES string of the molecule is CC1(C)C(N)=N[C@](C)(c2nc(NC(=O)c3cnc(OC(F)F)cn3)ccc2F)[C@@H]2CCNS21O. The lowest BCUT2D eigenvalue weighted by atomic mass is 9.90. The first-order valence-corrected chi connectivity index (χ1v) is 11.9. The molecule has 4 rings (SSSR count). The molecule has 184 valence electrons. The molecule has 0 saturated carbocycles. The number of alkyl halides is 2. The third-order valence-corrected chi connectivity index (χ3v) is 10.1. The van der Waals surface area contributed by atoms with Crippen LogP contribution in [0.4, 0.5) is 19.0 Å². The normalized spacial score (nSPS) is 29.6. The van der Waals surface area contributed by atoms with Crippen molar-refractivity contribution in [2.45, 2.75) is 49.3 Å². The number of nitrogens with one attached hydrogen (secondary N) is 2. The van der Waals surface area contributed by atoms with Crippen LogP contribution in [0.15, 0.2) is 29.5 Å². The van der Waals surface area contributed by atoms with Crippen LogP contribution in [0, 0.1) is 5.82 Å². The van der Waals surface area contributed by atoms with E-state index in [1.807, 2.05) is 0 Å². The molecule has 0 spiro atoms. The maximum atomic E-state index is 15.0. The maximum Gasteiger partial charge on any atom is 0.388 e. The summed E-state index contributed by atoms with van der Waals surface area (Å²) < 4.78 is 57.5. The van der Waals surface area contributed by atoms with E-state index in [0.29, 0.717) is 13.0 Å². The van der Waals surface area contributed by atoms with Crippen molar-refractivity contribution >= 4 is 28.1 Å². The number of nitrogens with zero attached hydrogens (tertiary/aromatic N) is 4. The molecule has 5 N–H and O–H groups in total. The Morgan fingerprint density at radius 3 is 2.71 bits per heavy atom. The number of hydrogen-bond acceptors (Lipinski definition) is 9. The zero-order valence-electron chi connectivity index (χ0n) is 18.6. The molecule has 1 unspecified atom stereocenters. The average Bonchev–Trinajstić information content (AvgIpc) is 3.18. The number of ether oxygens (including phenoxy) is 1. The van der Waals surface area contributed by atoms with Gasteiger partial charge in [-0.3, -0.25) is 14.5 Å². The van der Waals surface area contributed by atoms with E-state index in [4.69, 9.17) is 5.73 Å². The fourth-order valence-corrected chi connectivity index (χ4v) is 7.57. The number of nitrogens with two attached hydrogens (primary N) is 1. The van der Waals surface area contributed by atoms with Crippen molar-refractivity contribution in [3.8, 4) is 5.88 Å². The van der Waals surface area contributed by atoms with Crippen LogP contribution in [0.2, 0.25) is 0 Å². The summed E-state index contributed by atoms with van der Waals surface area (Å²) in [6.07, 6.45) is 2.37. The van der Waals surface area contributed by atoms with Gasteiger partial charge in [0.05, 0.1) is 22.4 Å². The number of carbonyl (C=O) groups is 1. The molecule has 0 aliphatic carbocycles. The summed E-state index contributed by atoms with van der Waals surface area (Å²) >= 11 is 0. The van der Waals surface area contributed by atoms with E-state index < -0.39 is 50.2 Å². The average molecular weight is 500 g/mol. The van der Waals surface area contributed by atoms with Crippen LogP contribution in [0.1, 0.15) is 43.4 Å². The molecule has 2 aromatic heterocycles. The van der Waals surface area contributed by atoms with Crippen molar-refractivity contribution in [2.75, 3.05) is 11.9 Å². The molecule has 2 aliphatic heterocycles. The Kier molecular flexibility index (Phi) is 5.94. The number of hydrogen-bond donors (Lipinski definition) is 4. The second kappa shape index (κ2) is 8.36. The van der Waals surface area contributed by atoms with Gasteiger partial charge in [0, 0.05) is 6.54 Å². The number of fused-ring (bicyclic) bond motifs is 1. The van der Waals surface area contributed by atoms with E-state index in [1.54, 1.807) is 20.8 Å². The van der Waals surface area contributed by atoms with E-state index in [0.717, 1.165) is 18.5 Å². The number of amidine groups is 1. The topological polar surface area (TPSA) is 148 Å². The Hall–Kier alpha value is -2.97. The van der Waals surface area contributed by atoms with Crippen LogP contribution in [-0.4, -0.2) is 54.4 Å². The molecule has 2 aromatic rings. The Labute approximate surface area is 194 Å². The Bertz CT molecular complexity index is 1150. The number of halogens is 3. The van der Waals surface area contributed by atoms with Crippen molar-refractivity contribution in [3.05, 3.63) is 41.7 Å². The molecular weight excluding hydrogens is 475 g/mol. The highest BCUT2D eigenvalue weighted by Gasteiger charge is 2.61. The van der Waals surface area contributed by atoms with Crippen molar-refractivity contribution in [1.29, 1.82) is 0 Å². The number of amides is 1. The molecule has 1 amide bonds. The fraction of sp³-hybridized carbons (Fsp3) is 0.450. The molecule has 1 saturated heterocycles. The zero-order chi connectivity index (χ0) is 24.9. The van der Waals surface area contributed by atoms with Gasteiger partial charge in [0.2, 0.25) is 5.88 Å². The molecule has 14 heteroatoms. The summed E-state index contributed by atoms with van der Waals surface area (Å²) in [6, 6.07) is 2.39. The first kappa shape index (κ1) is 24.2. The highest BCUT2D eigenvalue weighted by molar-refractivity contribution is 8.29. The van der Waals surface area contributed by atoms with Gasteiger partial charge in [0.25, 0.3) is 5.91 Å². The van der Waals surface area contributed by atoms with Gasteiger partial charge in [-0.05, 0) is 39.3 Å². The van der Waals surface area contributed by atoms with Crippen LogP contribution in [0.25, 0.3) is 0 Å². The largest absolute Gasteiger partial charge is 0.415 e. The number of carbonyl (C=O) groups excluding carboxylic acids is 1. The first-order chi connectivity index (χ1) is 15.9. The molecule has 34 heavy (non-hydrogen) atoms. The molecule has 1 fully saturated rings. The van der Waals surface area contributed by atoms with E-state index in [1.165, 1.54) is 6.07 Å². The predicted molar refractivity (Wildman–Crippen MR) is 120 cm³/mol. The lowest BCUT2D eigenvalue weighted by molar-refractivity contribution is -0.0531. The van der Waals surface area contributed by atoms with Gasteiger partial charge < -0.3 is 20.3 Å². The van der Waals surface area contributed by atoms with Crippen LogP contribution in [0.3, 0.4) is 0 Å². The number of aliphatic imine (C=N–C) groups is 1. The second-order valence-electron chi connectivity index (χ2n) is 8.55. The smallest absolute Gasteiger partial charge is 0.388 e. The van der Waals surface area contributed by atoms with Crippen molar-refractivity contribution in [1.82, 2.24) is 19.7 Å². The summed E-state index contributed by atoms with van der Waals surface area (Å²) in [5, 5.41) is 2.01. The van der Waals surface area contributed by atoms with E-state index in [9.17, 15) is 18.1 Å². The van der Waals surface area contributed by atoms with Gasteiger partial charge >= 0.3 is 6.61 Å². The summed E-state index contributed by atoms with van der Waals surface area (Å²) in [5.74, 6) is -1.68. The minimum atomic E-state index is -3.08. The van der Waals surface area contributed by atoms with Gasteiger partial charge in [0.1, 0.15) is 34.4 Å². The molecule has 0 radical (unpaired) electrons. The molecular formula is C20H24F3N7O3S. The molecule has 4 heterocycles. The summed E-state index contributed by atoms with van der Waals surface area (Å²) in [7, 11) is -2.52. The third kappa shape index (κ3) is 3.84. The zero-order valence-corrected chi connectivity index (χ0v) is 19.4. The summed E-state index contributed by atoms with van der Waals surface area (Å²) in [6.45, 7) is 2.69. The highest BCUT2D eigenvalue weighted by Crippen LogP contribution is 2.67. The Balaban J connectivity index is 1.65. The summed E-state index contributed by atoms with van der Waals surface area (Å²) in [4.78, 5) is 28.8. The molecule has 10 nitrogen and oxygen atoms in total. The minimum absolute atomic E-state index is 0.000401.